The molecule has 1 N–H and O–H groups in total. The number of thioether (sulfide) groups is 1. The van der Waals surface area contributed by atoms with Crippen LogP contribution in [-0.2, 0) is 14.4 Å². The summed E-state index contributed by atoms with van der Waals surface area (Å²) in [7, 11) is 0. The normalized spacial score (nSPS) is 22.2. The zero-order valence-electron chi connectivity index (χ0n) is 22.0. The smallest absolute Gasteiger partial charge is 0.305 e. The molecule has 3 aliphatic rings. The lowest BCUT2D eigenvalue weighted by molar-refractivity contribution is -0.134. The molecule has 2 saturated heterocycles. The molecule has 0 bridgehead atoms. The number of hydrogen-bond donors (Lipinski definition) is 1. The fourth-order valence-corrected chi connectivity index (χ4v) is 8.20. The number of H-pyrrole nitrogens is 1. The van der Waals surface area contributed by atoms with Crippen molar-refractivity contribution in [1.82, 2.24) is 9.88 Å². The third-order valence-corrected chi connectivity index (χ3v) is 9.93. The summed E-state index contributed by atoms with van der Waals surface area (Å²) in [5.41, 5.74) is 1.27. The third-order valence-electron chi connectivity index (χ3n) is 7.52. The van der Waals surface area contributed by atoms with Crippen molar-refractivity contribution >= 4 is 46.5 Å². The van der Waals surface area contributed by atoms with Crippen LogP contribution in [0.15, 0.2) is 58.4 Å². The molecular formula is C29H29N3O6S2. The predicted octanol–water partition coefficient (Wildman–Crippen LogP) is 4.02. The SMILES string of the molecule is CCOc1cc([C@@H]2c3sc(=O)[nH]c3S[C@H]3C(=O)N(c4ccccc4)C(=O)[C@@H]23)ccc1OCC(=O)N1CCCCC1. The molecule has 6 rings (SSSR count). The number of carbonyl (C=O) groups is 3. The van der Waals surface area contributed by atoms with Crippen molar-refractivity contribution in [2.24, 2.45) is 5.92 Å². The van der Waals surface area contributed by atoms with Gasteiger partial charge in [0, 0.05) is 23.9 Å². The summed E-state index contributed by atoms with van der Waals surface area (Å²) < 4.78 is 11.8. The molecule has 3 aliphatic heterocycles. The van der Waals surface area contributed by atoms with E-state index in [9.17, 15) is 19.2 Å². The highest BCUT2D eigenvalue weighted by Gasteiger charge is 2.56. The van der Waals surface area contributed by atoms with Crippen LogP contribution in [-0.4, -0.2) is 59.2 Å². The monoisotopic (exact) mass is 579 g/mol. The summed E-state index contributed by atoms with van der Waals surface area (Å²) in [4.78, 5) is 58.9. The third kappa shape index (κ3) is 4.81. The van der Waals surface area contributed by atoms with Crippen molar-refractivity contribution in [3.63, 3.8) is 0 Å². The van der Waals surface area contributed by atoms with Gasteiger partial charge in [-0.15, -0.1) is 0 Å². The number of likely N-dealkylation sites (tertiary alicyclic amines) is 1. The lowest BCUT2D eigenvalue weighted by Crippen LogP contribution is -2.38. The predicted molar refractivity (Wildman–Crippen MR) is 152 cm³/mol. The first kappa shape index (κ1) is 26.6. The van der Waals surface area contributed by atoms with Gasteiger partial charge in [0.25, 0.3) is 5.91 Å². The fourth-order valence-electron chi connectivity index (χ4n) is 5.69. The first-order chi connectivity index (χ1) is 19.5. The lowest BCUT2D eigenvalue weighted by Gasteiger charge is -2.30. The molecule has 3 aromatic rings. The van der Waals surface area contributed by atoms with Gasteiger partial charge in [-0.2, -0.15) is 0 Å². The van der Waals surface area contributed by atoms with Crippen LogP contribution < -0.4 is 19.2 Å². The second-order valence-electron chi connectivity index (χ2n) is 9.97. The molecule has 0 radical (unpaired) electrons. The van der Waals surface area contributed by atoms with Crippen LogP contribution in [0.25, 0.3) is 0 Å². The van der Waals surface area contributed by atoms with E-state index in [2.05, 4.69) is 4.98 Å². The molecule has 2 aromatic carbocycles. The quantitative estimate of drug-likeness (QED) is 0.421. The number of anilines is 1. The molecule has 208 valence electrons. The number of carbonyl (C=O) groups excluding carboxylic acids is 3. The minimum Gasteiger partial charge on any atom is -0.490 e. The van der Waals surface area contributed by atoms with Gasteiger partial charge < -0.3 is 19.4 Å². The number of ether oxygens (including phenoxy) is 2. The number of aromatic nitrogens is 1. The van der Waals surface area contributed by atoms with Gasteiger partial charge in [0.15, 0.2) is 18.1 Å². The topological polar surface area (TPSA) is 109 Å². The summed E-state index contributed by atoms with van der Waals surface area (Å²) in [6.45, 7) is 3.63. The number of para-hydroxylation sites is 1. The molecule has 0 spiro atoms. The summed E-state index contributed by atoms with van der Waals surface area (Å²) in [6.07, 6.45) is 3.14. The lowest BCUT2D eigenvalue weighted by atomic mass is 9.83. The molecule has 0 unspecified atom stereocenters. The standard InChI is InChI=1S/C29H29N3O6S2/c1-2-37-20-15-17(11-12-19(20)38-16-21(33)31-13-7-4-8-14-31)22-23-25(39-26-24(22)40-29(36)30-26)28(35)32(27(23)34)18-9-5-3-6-10-18/h3,5-6,9-12,15,22-23,25H,2,4,7-8,13-14,16H2,1H3,(H,30,36)/t22-,23-,25+/m0/s1. The summed E-state index contributed by atoms with van der Waals surface area (Å²) in [5, 5.41) is -0.0631. The van der Waals surface area contributed by atoms with Crippen molar-refractivity contribution in [2.45, 2.75) is 42.4 Å². The number of rotatable bonds is 7. The minimum absolute atomic E-state index is 0.0591. The van der Waals surface area contributed by atoms with E-state index in [1.54, 1.807) is 36.4 Å². The number of aromatic amines is 1. The van der Waals surface area contributed by atoms with Gasteiger partial charge in [-0.1, -0.05) is 47.4 Å². The highest BCUT2D eigenvalue weighted by Crippen LogP contribution is 2.53. The average molecular weight is 580 g/mol. The largest absolute Gasteiger partial charge is 0.490 e. The molecule has 3 amide bonds. The van der Waals surface area contributed by atoms with Gasteiger partial charge in [-0.25, -0.2) is 4.90 Å². The molecule has 11 heteroatoms. The van der Waals surface area contributed by atoms with Crippen LogP contribution in [0.5, 0.6) is 11.5 Å². The van der Waals surface area contributed by atoms with E-state index < -0.39 is 17.1 Å². The Morgan fingerprint density at radius 2 is 1.75 bits per heavy atom. The van der Waals surface area contributed by atoms with Gasteiger partial charge in [0.2, 0.25) is 11.8 Å². The summed E-state index contributed by atoms with van der Waals surface area (Å²) in [5.74, 6) is -0.999. The minimum atomic E-state index is -0.696. The van der Waals surface area contributed by atoms with Crippen molar-refractivity contribution in [3.8, 4) is 11.5 Å². The highest BCUT2D eigenvalue weighted by atomic mass is 32.2. The first-order valence-electron chi connectivity index (χ1n) is 13.5. The van der Waals surface area contributed by atoms with Crippen LogP contribution in [0.1, 0.15) is 42.5 Å². The molecule has 1 aromatic heterocycles. The van der Waals surface area contributed by atoms with Crippen molar-refractivity contribution in [1.29, 1.82) is 0 Å². The van der Waals surface area contributed by atoms with E-state index in [-0.39, 0.29) is 29.2 Å². The van der Waals surface area contributed by atoms with Crippen LogP contribution in [0, 0.1) is 5.92 Å². The Morgan fingerprint density at radius 3 is 2.50 bits per heavy atom. The van der Waals surface area contributed by atoms with Crippen molar-refractivity contribution in [2.75, 3.05) is 31.2 Å². The number of imide groups is 1. The molecule has 4 heterocycles. The molecule has 0 saturated carbocycles. The van der Waals surface area contributed by atoms with Gasteiger partial charge in [0.1, 0.15) is 5.25 Å². The highest BCUT2D eigenvalue weighted by molar-refractivity contribution is 8.00. The zero-order valence-corrected chi connectivity index (χ0v) is 23.6. The summed E-state index contributed by atoms with van der Waals surface area (Å²) in [6, 6.07) is 14.3. The number of fused-ring (bicyclic) bond motifs is 2. The van der Waals surface area contributed by atoms with Crippen molar-refractivity contribution < 1.29 is 23.9 Å². The number of nitrogens with one attached hydrogen (secondary N) is 1. The Balaban J connectivity index is 1.34. The van der Waals surface area contributed by atoms with E-state index >= 15 is 0 Å². The van der Waals surface area contributed by atoms with E-state index in [1.165, 1.54) is 16.7 Å². The molecule has 3 atom stereocenters. The number of amides is 3. The second-order valence-corrected chi connectivity index (χ2v) is 12.1. The zero-order chi connectivity index (χ0) is 27.8. The van der Waals surface area contributed by atoms with E-state index in [0.29, 0.717) is 28.8 Å². The van der Waals surface area contributed by atoms with Crippen LogP contribution >= 0.6 is 23.1 Å². The Kier molecular flexibility index (Phi) is 7.41. The maximum atomic E-state index is 13.9. The molecule has 0 aliphatic carbocycles. The Hall–Kier alpha value is -3.57. The van der Waals surface area contributed by atoms with E-state index in [4.69, 9.17) is 9.47 Å². The number of benzene rings is 2. The molecule has 2 fully saturated rings. The molecule has 40 heavy (non-hydrogen) atoms. The van der Waals surface area contributed by atoms with Crippen molar-refractivity contribution in [3.05, 3.63) is 68.6 Å². The number of thiazole rings is 1. The van der Waals surface area contributed by atoms with E-state index in [1.807, 2.05) is 24.0 Å². The van der Waals surface area contributed by atoms with Crippen LogP contribution in [0.2, 0.25) is 0 Å². The Labute approximate surface area is 239 Å². The maximum absolute atomic E-state index is 13.9. The maximum Gasteiger partial charge on any atom is 0.305 e. The van der Waals surface area contributed by atoms with Crippen LogP contribution in [0.3, 0.4) is 0 Å². The molecule has 9 nitrogen and oxygen atoms in total. The number of nitrogens with zero attached hydrogens (tertiary/aromatic N) is 2. The number of piperidine rings is 1. The van der Waals surface area contributed by atoms with E-state index in [0.717, 1.165) is 54.1 Å². The van der Waals surface area contributed by atoms with Gasteiger partial charge in [-0.05, 0) is 56.0 Å². The van der Waals surface area contributed by atoms with Gasteiger partial charge in [0.05, 0.1) is 23.2 Å². The summed E-state index contributed by atoms with van der Waals surface area (Å²) >= 11 is 2.30. The van der Waals surface area contributed by atoms with Gasteiger partial charge >= 0.3 is 4.87 Å². The molecular weight excluding hydrogens is 550 g/mol. The Morgan fingerprint density at radius 1 is 0.975 bits per heavy atom. The van der Waals surface area contributed by atoms with Crippen LogP contribution in [0.4, 0.5) is 5.69 Å². The first-order valence-corrected chi connectivity index (χ1v) is 15.2. The fraction of sp³-hybridized carbons (Fsp3) is 0.379. The second kappa shape index (κ2) is 11.1. The Bertz CT molecular complexity index is 1500. The number of hydrogen-bond acceptors (Lipinski definition) is 8. The average Bonchev–Trinajstić information content (AvgIpc) is 3.47. The van der Waals surface area contributed by atoms with Gasteiger partial charge in [-0.3, -0.25) is 19.2 Å².